The normalized spacial score (nSPS) is 26.9. The topological polar surface area (TPSA) is 110 Å². The second kappa shape index (κ2) is 4.54. The molecular formula is C12H16ClN5O2. The van der Waals surface area contributed by atoms with Gasteiger partial charge in [0.2, 0.25) is 5.28 Å². The van der Waals surface area contributed by atoms with Gasteiger partial charge in [0.05, 0.1) is 6.33 Å². The largest absolute Gasteiger partial charge is 0.396 e. The molecule has 2 heterocycles. The van der Waals surface area contributed by atoms with E-state index < -0.39 is 6.23 Å². The molecule has 3 atom stereocenters. The molecule has 20 heavy (non-hydrogen) atoms. The summed E-state index contributed by atoms with van der Waals surface area (Å²) in [7, 11) is 0. The molecule has 0 unspecified atom stereocenters. The quantitative estimate of drug-likeness (QED) is 0.725. The van der Waals surface area contributed by atoms with Crippen LogP contribution in [0.25, 0.3) is 11.2 Å². The van der Waals surface area contributed by atoms with Crippen LogP contribution in [0.5, 0.6) is 0 Å². The molecule has 8 heteroatoms. The monoisotopic (exact) mass is 297 g/mol. The van der Waals surface area contributed by atoms with Crippen LogP contribution >= 0.6 is 11.6 Å². The van der Waals surface area contributed by atoms with Crippen LogP contribution < -0.4 is 5.73 Å². The fraction of sp³-hybridized carbons (Fsp3) is 0.583. The van der Waals surface area contributed by atoms with E-state index in [1.165, 1.54) is 10.9 Å². The maximum atomic E-state index is 10.4. The van der Waals surface area contributed by atoms with Crippen LogP contribution in [0.3, 0.4) is 0 Å². The minimum Gasteiger partial charge on any atom is -0.396 e. The van der Waals surface area contributed by atoms with Crippen LogP contribution in [0.15, 0.2) is 6.33 Å². The number of aromatic nitrogens is 4. The van der Waals surface area contributed by atoms with Crippen molar-refractivity contribution in [3.63, 3.8) is 0 Å². The van der Waals surface area contributed by atoms with Gasteiger partial charge >= 0.3 is 0 Å². The fourth-order valence-electron chi connectivity index (χ4n) is 2.71. The minimum absolute atomic E-state index is 0.0145. The number of nitrogen functional groups attached to an aromatic ring is 1. The highest BCUT2D eigenvalue weighted by molar-refractivity contribution is 6.28. The Morgan fingerprint density at radius 1 is 1.60 bits per heavy atom. The lowest BCUT2D eigenvalue weighted by atomic mass is 10.00. The van der Waals surface area contributed by atoms with Gasteiger partial charge in [-0.3, -0.25) is 4.57 Å². The molecule has 1 fully saturated rings. The van der Waals surface area contributed by atoms with Gasteiger partial charge in [-0.1, -0.05) is 6.92 Å². The minimum atomic E-state index is -0.831. The van der Waals surface area contributed by atoms with Gasteiger partial charge in [0, 0.05) is 18.4 Å². The third kappa shape index (κ3) is 2.02. The number of nitrogens with two attached hydrogens (primary N) is 1. The van der Waals surface area contributed by atoms with Crippen molar-refractivity contribution < 1.29 is 10.2 Å². The van der Waals surface area contributed by atoms with Crippen LogP contribution in [0.4, 0.5) is 5.82 Å². The lowest BCUT2D eigenvalue weighted by Gasteiger charge is -2.19. The number of rotatable bonds is 4. The summed E-state index contributed by atoms with van der Waals surface area (Å²) < 4.78 is 1.52. The number of aliphatic hydroxyl groups is 2. The molecule has 0 aliphatic heterocycles. The summed E-state index contributed by atoms with van der Waals surface area (Å²) in [5, 5.41) is 19.9. The SMILES string of the molecule is C[C@H]1C[C@@]1(CO)C[C@@H](O)n1cnc2c(N)nc(Cl)nc21. The number of nitrogens with zero attached hydrogens (tertiary/aromatic N) is 4. The van der Waals surface area contributed by atoms with Gasteiger partial charge in [-0.15, -0.1) is 0 Å². The highest BCUT2D eigenvalue weighted by Gasteiger charge is 2.51. The summed E-state index contributed by atoms with van der Waals surface area (Å²) in [4.78, 5) is 12.0. The number of hydrogen-bond acceptors (Lipinski definition) is 6. The summed E-state index contributed by atoms with van der Waals surface area (Å²) in [5.41, 5.74) is 6.33. The molecule has 0 aromatic carbocycles. The van der Waals surface area contributed by atoms with E-state index >= 15 is 0 Å². The molecule has 0 amide bonds. The van der Waals surface area contributed by atoms with E-state index in [1.54, 1.807) is 0 Å². The van der Waals surface area contributed by atoms with Gasteiger partial charge in [0.15, 0.2) is 11.5 Å². The summed E-state index contributed by atoms with van der Waals surface area (Å²) >= 11 is 5.79. The number of imidazole rings is 1. The zero-order chi connectivity index (χ0) is 14.5. The zero-order valence-corrected chi connectivity index (χ0v) is 11.7. The summed E-state index contributed by atoms with van der Waals surface area (Å²) in [6.07, 6.45) is 1.99. The number of anilines is 1. The Labute approximate surface area is 120 Å². The van der Waals surface area contributed by atoms with Crippen LogP contribution in [0.1, 0.15) is 26.0 Å². The van der Waals surface area contributed by atoms with E-state index in [-0.39, 0.29) is 23.1 Å². The van der Waals surface area contributed by atoms with Crippen molar-refractivity contribution in [2.75, 3.05) is 12.3 Å². The van der Waals surface area contributed by atoms with Crippen molar-refractivity contribution in [3.8, 4) is 0 Å². The Bertz CT molecular complexity index is 657. The Morgan fingerprint density at radius 2 is 2.30 bits per heavy atom. The maximum absolute atomic E-state index is 10.4. The van der Waals surface area contributed by atoms with E-state index in [2.05, 4.69) is 21.9 Å². The number of fused-ring (bicyclic) bond motifs is 1. The van der Waals surface area contributed by atoms with Crippen molar-refractivity contribution in [2.24, 2.45) is 11.3 Å². The van der Waals surface area contributed by atoms with Gasteiger partial charge in [-0.25, -0.2) is 4.98 Å². The molecule has 0 bridgehead atoms. The molecule has 0 saturated heterocycles. The van der Waals surface area contributed by atoms with Crippen molar-refractivity contribution in [2.45, 2.75) is 26.0 Å². The second-order valence-electron chi connectivity index (χ2n) is 5.51. The van der Waals surface area contributed by atoms with Crippen LogP contribution in [-0.2, 0) is 0 Å². The van der Waals surface area contributed by atoms with Crippen LogP contribution in [0.2, 0.25) is 5.28 Å². The summed E-state index contributed by atoms with van der Waals surface area (Å²) in [5.74, 6) is 0.586. The van der Waals surface area contributed by atoms with Crippen LogP contribution in [0, 0.1) is 11.3 Å². The number of halogens is 1. The van der Waals surface area contributed by atoms with E-state index in [0.29, 0.717) is 23.5 Å². The molecule has 2 aromatic heterocycles. The number of hydrogen-bond donors (Lipinski definition) is 3. The Balaban J connectivity index is 1.94. The molecule has 1 aliphatic rings. The highest BCUT2D eigenvalue weighted by atomic mass is 35.5. The maximum Gasteiger partial charge on any atom is 0.226 e. The third-order valence-corrected chi connectivity index (χ3v) is 4.41. The fourth-order valence-corrected chi connectivity index (χ4v) is 2.88. The van der Waals surface area contributed by atoms with Gasteiger partial charge in [-0.2, -0.15) is 9.97 Å². The Morgan fingerprint density at radius 3 is 2.90 bits per heavy atom. The molecule has 108 valence electrons. The molecule has 0 spiro atoms. The Kier molecular flexibility index (Phi) is 3.07. The molecule has 0 radical (unpaired) electrons. The lowest BCUT2D eigenvalue weighted by molar-refractivity contribution is 0.0512. The number of aliphatic hydroxyl groups excluding tert-OH is 2. The Hall–Kier alpha value is -1.44. The highest BCUT2D eigenvalue weighted by Crippen LogP contribution is 2.56. The van der Waals surface area contributed by atoms with Gasteiger partial charge in [0.1, 0.15) is 11.7 Å². The first kappa shape index (κ1) is 13.5. The van der Waals surface area contributed by atoms with Crippen molar-refractivity contribution >= 4 is 28.6 Å². The van der Waals surface area contributed by atoms with E-state index in [1.807, 2.05) is 0 Å². The predicted octanol–water partition coefficient (Wildman–Crippen LogP) is 0.961. The zero-order valence-electron chi connectivity index (χ0n) is 11.0. The van der Waals surface area contributed by atoms with Gasteiger partial charge in [-0.05, 0) is 23.9 Å². The van der Waals surface area contributed by atoms with E-state index in [9.17, 15) is 10.2 Å². The molecule has 1 aliphatic carbocycles. The van der Waals surface area contributed by atoms with E-state index in [4.69, 9.17) is 17.3 Å². The molecule has 4 N–H and O–H groups in total. The lowest BCUT2D eigenvalue weighted by Crippen LogP contribution is -2.18. The predicted molar refractivity (Wildman–Crippen MR) is 73.9 cm³/mol. The van der Waals surface area contributed by atoms with Gasteiger partial charge in [0.25, 0.3) is 0 Å². The third-order valence-electron chi connectivity index (χ3n) is 4.24. The van der Waals surface area contributed by atoms with Crippen molar-refractivity contribution in [1.82, 2.24) is 19.5 Å². The van der Waals surface area contributed by atoms with Crippen LogP contribution in [-0.4, -0.2) is 36.3 Å². The molecule has 1 saturated carbocycles. The average molecular weight is 298 g/mol. The van der Waals surface area contributed by atoms with Gasteiger partial charge < -0.3 is 15.9 Å². The summed E-state index contributed by atoms with van der Waals surface area (Å²) in [6, 6.07) is 0. The van der Waals surface area contributed by atoms with E-state index in [0.717, 1.165) is 6.42 Å². The first-order valence-corrected chi connectivity index (χ1v) is 6.79. The average Bonchev–Trinajstić information content (AvgIpc) is 2.84. The molecule has 3 rings (SSSR count). The second-order valence-corrected chi connectivity index (χ2v) is 5.85. The molecular weight excluding hydrogens is 282 g/mol. The first-order valence-electron chi connectivity index (χ1n) is 6.41. The van der Waals surface area contributed by atoms with Crippen molar-refractivity contribution in [1.29, 1.82) is 0 Å². The first-order chi connectivity index (χ1) is 9.47. The smallest absolute Gasteiger partial charge is 0.226 e. The standard InChI is InChI=1S/C12H16ClN5O2/c1-6-2-12(6,4-19)3-7(20)18-5-15-8-9(14)16-11(13)17-10(8)18/h5-7,19-20H,2-4H2,1H3,(H2,14,16,17)/t6-,7+,12-/m0/s1. The summed E-state index contributed by atoms with van der Waals surface area (Å²) in [6.45, 7) is 2.13. The van der Waals surface area contributed by atoms with Crippen molar-refractivity contribution in [3.05, 3.63) is 11.6 Å². The molecule has 7 nitrogen and oxygen atoms in total. The molecule has 2 aromatic rings.